The van der Waals surface area contributed by atoms with Crippen molar-refractivity contribution in [2.24, 2.45) is 5.92 Å². The van der Waals surface area contributed by atoms with Gasteiger partial charge >= 0.3 is 0 Å². The molecule has 0 amide bonds. The lowest BCUT2D eigenvalue weighted by Crippen LogP contribution is -2.38. The predicted molar refractivity (Wildman–Crippen MR) is 89.5 cm³/mol. The van der Waals surface area contributed by atoms with Gasteiger partial charge in [-0.2, -0.15) is 0 Å². The molecule has 0 aliphatic carbocycles. The van der Waals surface area contributed by atoms with Gasteiger partial charge < -0.3 is 10.0 Å². The lowest BCUT2D eigenvalue weighted by Gasteiger charge is -2.34. The summed E-state index contributed by atoms with van der Waals surface area (Å²) in [5.41, 5.74) is 0.978. The van der Waals surface area contributed by atoms with Crippen LogP contribution in [0.4, 0.5) is 0 Å². The van der Waals surface area contributed by atoms with Crippen LogP contribution < -0.4 is 0 Å². The van der Waals surface area contributed by atoms with Gasteiger partial charge in [0.15, 0.2) is 9.84 Å². The molecule has 1 aliphatic rings. The molecule has 1 aromatic rings. The van der Waals surface area contributed by atoms with Gasteiger partial charge in [-0.15, -0.1) is 0 Å². The first-order valence-corrected chi connectivity index (χ1v) is 10.00. The average Bonchev–Trinajstić information content (AvgIpc) is 2.54. The Morgan fingerprint density at radius 1 is 1.18 bits per heavy atom. The Hall–Kier alpha value is -0.910. The summed E-state index contributed by atoms with van der Waals surface area (Å²) in [5, 5.41) is 10.4. The monoisotopic (exact) mass is 325 g/mol. The van der Waals surface area contributed by atoms with E-state index in [1.165, 1.54) is 0 Å². The summed E-state index contributed by atoms with van der Waals surface area (Å²) in [7, 11) is -2.89. The highest BCUT2D eigenvalue weighted by molar-refractivity contribution is 7.91. The zero-order chi connectivity index (χ0) is 16.0. The van der Waals surface area contributed by atoms with Crippen molar-refractivity contribution in [2.45, 2.75) is 32.3 Å². The lowest BCUT2D eigenvalue weighted by atomic mass is 9.87. The molecular formula is C17H27NO3S. The van der Waals surface area contributed by atoms with Gasteiger partial charge in [-0.25, -0.2) is 8.42 Å². The number of likely N-dealkylation sites (tertiary alicyclic amines) is 1. The van der Waals surface area contributed by atoms with E-state index in [1.807, 2.05) is 37.3 Å². The van der Waals surface area contributed by atoms with Crippen molar-refractivity contribution < 1.29 is 13.5 Å². The van der Waals surface area contributed by atoms with Crippen molar-refractivity contribution in [3.63, 3.8) is 0 Å². The third kappa shape index (κ3) is 5.07. The maximum atomic E-state index is 11.8. The minimum atomic E-state index is -2.89. The summed E-state index contributed by atoms with van der Waals surface area (Å²) in [6.45, 7) is 4.26. The molecule has 1 atom stereocenters. The number of hydrogen-bond acceptors (Lipinski definition) is 4. The second kappa shape index (κ2) is 8.09. The molecule has 1 heterocycles. The molecule has 0 saturated carbocycles. The van der Waals surface area contributed by atoms with E-state index in [0.29, 0.717) is 13.0 Å². The molecule has 0 spiro atoms. The zero-order valence-corrected chi connectivity index (χ0v) is 14.1. The van der Waals surface area contributed by atoms with Crippen molar-refractivity contribution in [1.82, 2.24) is 4.90 Å². The van der Waals surface area contributed by atoms with Crippen molar-refractivity contribution >= 4 is 9.84 Å². The third-order valence-corrected chi connectivity index (χ3v) is 6.29. The molecule has 1 N–H and O–H groups in total. The summed E-state index contributed by atoms with van der Waals surface area (Å²) in [6.07, 6.45) is 2.12. The van der Waals surface area contributed by atoms with E-state index in [4.69, 9.17) is 0 Å². The number of benzene rings is 1. The molecule has 1 saturated heterocycles. The molecule has 1 fully saturated rings. The van der Waals surface area contributed by atoms with Gasteiger partial charge in [0, 0.05) is 12.3 Å². The first kappa shape index (κ1) is 17.4. The van der Waals surface area contributed by atoms with Crippen LogP contribution in [0.5, 0.6) is 0 Å². The Balaban J connectivity index is 1.78. The summed E-state index contributed by atoms with van der Waals surface area (Å²) < 4.78 is 23.5. The molecule has 2 rings (SSSR count). The Bertz CT molecular complexity index is 536. The number of piperidine rings is 1. The summed E-state index contributed by atoms with van der Waals surface area (Å²) in [5.74, 6) is 0.814. The highest BCUT2D eigenvalue weighted by atomic mass is 32.2. The molecule has 1 aromatic carbocycles. The molecule has 0 radical (unpaired) electrons. The van der Waals surface area contributed by atoms with E-state index in [1.54, 1.807) is 0 Å². The standard InChI is InChI=1S/C17H27NO3S/c1-2-13-22(20,21)14-12-18-10-8-16(9-11-18)17(19)15-6-4-3-5-7-15/h3-7,16-17,19H,2,8-14H2,1H3. The minimum Gasteiger partial charge on any atom is -0.388 e. The second-order valence-corrected chi connectivity index (χ2v) is 8.49. The molecule has 4 nitrogen and oxygen atoms in total. The maximum absolute atomic E-state index is 11.8. The summed E-state index contributed by atoms with van der Waals surface area (Å²) >= 11 is 0. The van der Waals surface area contributed by atoms with Gasteiger partial charge in [0.25, 0.3) is 0 Å². The number of rotatable bonds is 7. The van der Waals surface area contributed by atoms with Crippen LogP contribution in [0, 0.1) is 5.92 Å². The first-order chi connectivity index (χ1) is 10.5. The van der Waals surface area contributed by atoms with Crippen LogP contribution in [-0.4, -0.2) is 49.6 Å². The van der Waals surface area contributed by atoms with E-state index in [9.17, 15) is 13.5 Å². The number of aliphatic hydroxyl groups excluding tert-OH is 1. The molecular weight excluding hydrogens is 298 g/mol. The Morgan fingerprint density at radius 3 is 2.41 bits per heavy atom. The molecule has 5 heteroatoms. The normalized spacial score (nSPS) is 19.2. The third-order valence-electron chi connectivity index (χ3n) is 4.45. The summed E-state index contributed by atoms with van der Waals surface area (Å²) in [6, 6.07) is 9.79. The van der Waals surface area contributed by atoms with Gasteiger partial charge in [-0.3, -0.25) is 0 Å². The van der Waals surface area contributed by atoms with E-state index < -0.39 is 15.9 Å². The predicted octanol–water partition coefficient (Wildman–Crippen LogP) is 2.26. The Kier molecular flexibility index (Phi) is 6.41. The minimum absolute atomic E-state index is 0.257. The van der Waals surface area contributed by atoms with Crippen molar-refractivity contribution in [3.8, 4) is 0 Å². The van der Waals surface area contributed by atoms with Crippen LogP contribution in [0.15, 0.2) is 30.3 Å². The quantitative estimate of drug-likeness (QED) is 0.835. The van der Waals surface area contributed by atoms with E-state index in [-0.39, 0.29) is 17.4 Å². The number of nitrogens with zero attached hydrogens (tertiary/aromatic N) is 1. The first-order valence-electron chi connectivity index (χ1n) is 8.17. The number of hydrogen-bond donors (Lipinski definition) is 1. The Morgan fingerprint density at radius 2 is 1.82 bits per heavy atom. The van der Waals surface area contributed by atoms with Crippen LogP contribution in [0.1, 0.15) is 37.9 Å². The van der Waals surface area contributed by atoms with Crippen LogP contribution in [0.25, 0.3) is 0 Å². The van der Waals surface area contributed by atoms with Crippen LogP contribution >= 0.6 is 0 Å². The highest BCUT2D eigenvalue weighted by Crippen LogP contribution is 2.30. The fraction of sp³-hybridized carbons (Fsp3) is 0.647. The van der Waals surface area contributed by atoms with Gasteiger partial charge in [0.05, 0.1) is 11.9 Å². The second-order valence-electron chi connectivity index (χ2n) is 6.19. The molecule has 22 heavy (non-hydrogen) atoms. The SMILES string of the molecule is CCCS(=O)(=O)CCN1CCC(C(O)c2ccccc2)CC1. The van der Waals surface area contributed by atoms with Gasteiger partial charge in [-0.05, 0) is 43.8 Å². The van der Waals surface area contributed by atoms with E-state index >= 15 is 0 Å². The Labute approximate surface area is 134 Å². The molecule has 1 aliphatic heterocycles. The van der Waals surface area contributed by atoms with Crippen molar-refractivity contribution in [2.75, 3.05) is 31.1 Å². The summed E-state index contributed by atoms with van der Waals surface area (Å²) in [4.78, 5) is 2.21. The highest BCUT2D eigenvalue weighted by Gasteiger charge is 2.26. The largest absolute Gasteiger partial charge is 0.388 e. The van der Waals surface area contributed by atoms with Gasteiger partial charge in [0.2, 0.25) is 0 Å². The van der Waals surface area contributed by atoms with Crippen LogP contribution in [0.2, 0.25) is 0 Å². The van der Waals surface area contributed by atoms with Gasteiger partial charge in [0.1, 0.15) is 0 Å². The van der Waals surface area contributed by atoms with Gasteiger partial charge in [-0.1, -0.05) is 37.3 Å². The lowest BCUT2D eigenvalue weighted by molar-refractivity contribution is 0.0606. The van der Waals surface area contributed by atoms with Crippen molar-refractivity contribution in [1.29, 1.82) is 0 Å². The van der Waals surface area contributed by atoms with Crippen molar-refractivity contribution in [3.05, 3.63) is 35.9 Å². The van der Waals surface area contributed by atoms with Crippen LogP contribution in [-0.2, 0) is 9.84 Å². The average molecular weight is 325 g/mol. The molecule has 0 aromatic heterocycles. The molecule has 0 bridgehead atoms. The van der Waals surface area contributed by atoms with E-state index in [0.717, 1.165) is 31.5 Å². The fourth-order valence-electron chi connectivity index (χ4n) is 3.10. The maximum Gasteiger partial charge on any atom is 0.151 e. The van der Waals surface area contributed by atoms with E-state index in [2.05, 4.69) is 4.90 Å². The molecule has 124 valence electrons. The smallest absolute Gasteiger partial charge is 0.151 e. The topological polar surface area (TPSA) is 57.6 Å². The number of aliphatic hydroxyl groups is 1. The molecule has 1 unspecified atom stereocenters. The fourth-order valence-corrected chi connectivity index (χ4v) is 4.46. The zero-order valence-electron chi connectivity index (χ0n) is 13.3. The van der Waals surface area contributed by atoms with Crippen LogP contribution in [0.3, 0.4) is 0 Å². The number of sulfone groups is 1.